The number of nitriles is 1. The van der Waals surface area contributed by atoms with Gasteiger partial charge in [0.1, 0.15) is 17.7 Å². The van der Waals surface area contributed by atoms with E-state index in [0.29, 0.717) is 23.0 Å². The second-order valence-corrected chi connectivity index (χ2v) is 10.5. The van der Waals surface area contributed by atoms with E-state index in [9.17, 15) is 5.26 Å². The first kappa shape index (κ1) is 24.0. The molecule has 6 nitrogen and oxygen atoms in total. The number of rotatable bonds is 3. The van der Waals surface area contributed by atoms with E-state index in [2.05, 4.69) is 115 Å². The highest BCUT2D eigenvalue weighted by molar-refractivity contribution is 6.12. The average Bonchev–Trinajstić information content (AvgIpc) is 3.53. The van der Waals surface area contributed by atoms with Crippen molar-refractivity contribution >= 4 is 43.6 Å². The Bertz CT molecular complexity index is 2330. The minimum atomic E-state index is 0.575. The number of aromatic nitrogens is 5. The van der Waals surface area contributed by atoms with Crippen molar-refractivity contribution in [3.63, 3.8) is 0 Å². The first-order chi connectivity index (χ1) is 20.6. The minimum Gasteiger partial charge on any atom is -0.309 e. The summed E-state index contributed by atoms with van der Waals surface area (Å²) >= 11 is 0. The van der Waals surface area contributed by atoms with E-state index >= 15 is 0 Å². The lowest BCUT2D eigenvalue weighted by atomic mass is 10.1. The van der Waals surface area contributed by atoms with Crippen LogP contribution in [-0.4, -0.2) is 24.1 Å². The van der Waals surface area contributed by atoms with Gasteiger partial charge in [0.2, 0.25) is 0 Å². The summed E-state index contributed by atoms with van der Waals surface area (Å²) in [6.45, 7) is 3.73. The molecule has 0 aliphatic rings. The Morgan fingerprint density at radius 2 is 1.10 bits per heavy atom. The van der Waals surface area contributed by atoms with Gasteiger partial charge in [-0.1, -0.05) is 60.7 Å². The number of para-hydroxylation sites is 3. The van der Waals surface area contributed by atoms with Gasteiger partial charge in [0.05, 0.1) is 33.3 Å². The third kappa shape index (κ3) is 3.54. The van der Waals surface area contributed by atoms with Crippen molar-refractivity contribution < 1.29 is 0 Å². The molecule has 0 aliphatic carbocycles. The van der Waals surface area contributed by atoms with Crippen LogP contribution in [0, 0.1) is 25.2 Å². The lowest BCUT2D eigenvalue weighted by molar-refractivity contribution is 0.928. The van der Waals surface area contributed by atoms with Crippen LogP contribution in [0.15, 0.2) is 109 Å². The van der Waals surface area contributed by atoms with E-state index in [1.54, 1.807) is 0 Å². The maximum absolute atomic E-state index is 10.2. The van der Waals surface area contributed by atoms with E-state index < -0.39 is 0 Å². The molecule has 0 radical (unpaired) electrons. The lowest BCUT2D eigenvalue weighted by Gasteiger charge is -2.13. The molecule has 0 amide bonds. The number of fused-ring (bicyclic) bond motifs is 6. The van der Waals surface area contributed by atoms with Crippen molar-refractivity contribution in [1.82, 2.24) is 24.1 Å². The molecule has 0 aliphatic heterocycles. The molecule has 0 atom stereocenters. The predicted molar refractivity (Wildman–Crippen MR) is 168 cm³/mol. The lowest BCUT2D eigenvalue weighted by Crippen LogP contribution is -2.02. The van der Waals surface area contributed by atoms with Gasteiger partial charge >= 0.3 is 0 Å². The number of hydrogen-bond acceptors (Lipinski definition) is 4. The normalized spacial score (nSPS) is 11.5. The van der Waals surface area contributed by atoms with Crippen LogP contribution in [0.1, 0.15) is 17.2 Å². The molecule has 6 heteroatoms. The Balaban J connectivity index is 1.45. The van der Waals surface area contributed by atoms with Crippen LogP contribution in [0.2, 0.25) is 0 Å². The molecular formula is C36H24N6. The van der Waals surface area contributed by atoms with Crippen LogP contribution in [0.25, 0.3) is 66.4 Å². The molecule has 0 bridgehead atoms. The Kier molecular flexibility index (Phi) is 5.22. The molecule has 42 heavy (non-hydrogen) atoms. The van der Waals surface area contributed by atoms with Crippen LogP contribution in [0.3, 0.4) is 0 Å². The molecule has 0 unspecified atom stereocenters. The molecule has 0 saturated heterocycles. The first-order valence-electron chi connectivity index (χ1n) is 13.9. The summed E-state index contributed by atoms with van der Waals surface area (Å²) in [7, 11) is 0. The molecule has 8 aromatic rings. The van der Waals surface area contributed by atoms with Crippen molar-refractivity contribution in [2.45, 2.75) is 13.8 Å². The van der Waals surface area contributed by atoms with Crippen molar-refractivity contribution in [3.8, 4) is 28.8 Å². The van der Waals surface area contributed by atoms with Crippen LogP contribution in [0.5, 0.6) is 0 Å². The van der Waals surface area contributed by atoms with Gasteiger partial charge in [-0.2, -0.15) is 5.26 Å². The molecule has 5 aromatic carbocycles. The van der Waals surface area contributed by atoms with Crippen LogP contribution >= 0.6 is 0 Å². The maximum Gasteiger partial charge on any atom is 0.163 e. The minimum absolute atomic E-state index is 0.575. The Morgan fingerprint density at radius 3 is 1.69 bits per heavy atom. The van der Waals surface area contributed by atoms with Crippen LogP contribution < -0.4 is 0 Å². The van der Waals surface area contributed by atoms with E-state index in [0.717, 1.165) is 49.8 Å². The maximum atomic E-state index is 10.2. The van der Waals surface area contributed by atoms with Crippen LogP contribution in [0.4, 0.5) is 0 Å². The number of aryl methyl sites for hydroxylation is 2. The number of hydrogen-bond donors (Lipinski definition) is 0. The summed E-state index contributed by atoms with van der Waals surface area (Å²) in [6, 6.07) is 40.2. The Hall–Kier alpha value is -5.80. The summed E-state index contributed by atoms with van der Waals surface area (Å²) < 4.78 is 4.52. The SMILES string of the molecule is Cc1nc(C)nc(-c2ccc(C#N)c(-n3c4ccccc4c4ccc(-n5c6ccccc6c6ccccc65)cc43)c2)n1. The van der Waals surface area contributed by atoms with Crippen LogP contribution in [-0.2, 0) is 0 Å². The van der Waals surface area contributed by atoms with Gasteiger partial charge in [-0.25, -0.2) is 15.0 Å². The Labute approximate surface area is 241 Å². The first-order valence-corrected chi connectivity index (χ1v) is 13.9. The predicted octanol–water partition coefficient (Wildman–Crippen LogP) is 8.22. The van der Waals surface area contributed by atoms with E-state index in [-0.39, 0.29) is 0 Å². The monoisotopic (exact) mass is 540 g/mol. The zero-order valence-electron chi connectivity index (χ0n) is 23.1. The largest absolute Gasteiger partial charge is 0.309 e. The zero-order chi connectivity index (χ0) is 28.4. The van der Waals surface area contributed by atoms with Crippen molar-refractivity contribution in [2.24, 2.45) is 0 Å². The third-order valence-corrected chi connectivity index (χ3v) is 7.97. The average molecular weight is 541 g/mol. The third-order valence-electron chi connectivity index (χ3n) is 7.97. The molecule has 3 heterocycles. The molecule has 8 rings (SSSR count). The summed E-state index contributed by atoms with van der Waals surface area (Å²) in [5.41, 5.74) is 7.62. The summed E-state index contributed by atoms with van der Waals surface area (Å²) in [6.07, 6.45) is 0. The highest BCUT2D eigenvalue weighted by Gasteiger charge is 2.19. The number of benzene rings is 5. The van der Waals surface area contributed by atoms with Gasteiger partial charge in [-0.3, -0.25) is 0 Å². The smallest absolute Gasteiger partial charge is 0.163 e. The van der Waals surface area contributed by atoms with Gasteiger partial charge in [0.25, 0.3) is 0 Å². The molecular weight excluding hydrogens is 516 g/mol. The van der Waals surface area contributed by atoms with E-state index in [4.69, 9.17) is 0 Å². The second kappa shape index (κ2) is 9.12. The molecule has 0 N–H and O–H groups in total. The standard InChI is InChI=1S/C36H24N6/c1-22-38-23(2)40-36(39-22)24-15-16-25(21-37)34(19-24)42-33-14-8-5-11-29(33)30-18-17-26(20-35(30)42)41-31-12-6-3-9-27(31)28-10-4-7-13-32(28)41/h3-20H,1-2H3. The van der Waals surface area contributed by atoms with E-state index in [1.807, 2.05) is 38.1 Å². The van der Waals surface area contributed by atoms with Gasteiger partial charge in [0, 0.05) is 32.8 Å². The summed E-state index contributed by atoms with van der Waals surface area (Å²) in [5, 5.41) is 14.9. The fraction of sp³-hybridized carbons (Fsp3) is 0.0556. The highest BCUT2D eigenvalue weighted by Crippen LogP contribution is 2.37. The molecule has 0 fully saturated rings. The molecule has 198 valence electrons. The topological polar surface area (TPSA) is 72.3 Å². The summed E-state index contributed by atoms with van der Waals surface area (Å²) in [5.74, 6) is 1.92. The van der Waals surface area contributed by atoms with E-state index in [1.165, 1.54) is 10.8 Å². The fourth-order valence-electron chi connectivity index (χ4n) is 6.25. The van der Waals surface area contributed by atoms with Crippen molar-refractivity contribution in [2.75, 3.05) is 0 Å². The van der Waals surface area contributed by atoms with Gasteiger partial charge in [-0.05, 0) is 62.4 Å². The fourth-order valence-corrected chi connectivity index (χ4v) is 6.25. The number of nitrogens with zero attached hydrogens (tertiary/aromatic N) is 6. The molecule has 0 saturated carbocycles. The van der Waals surface area contributed by atoms with Crippen molar-refractivity contribution in [1.29, 1.82) is 5.26 Å². The second-order valence-electron chi connectivity index (χ2n) is 10.5. The van der Waals surface area contributed by atoms with Gasteiger partial charge < -0.3 is 9.13 Å². The zero-order valence-corrected chi connectivity index (χ0v) is 23.1. The van der Waals surface area contributed by atoms with Gasteiger partial charge in [-0.15, -0.1) is 0 Å². The highest BCUT2D eigenvalue weighted by atomic mass is 15.0. The molecule has 0 spiro atoms. The molecule has 3 aromatic heterocycles. The van der Waals surface area contributed by atoms with Crippen molar-refractivity contribution in [3.05, 3.63) is 126 Å². The quantitative estimate of drug-likeness (QED) is 0.226. The summed E-state index contributed by atoms with van der Waals surface area (Å²) in [4.78, 5) is 13.5. The Morgan fingerprint density at radius 1 is 0.548 bits per heavy atom. The van der Waals surface area contributed by atoms with Gasteiger partial charge in [0.15, 0.2) is 5.82 Å².